The minimum Gasteiger partial charge on any atom is -0.378 e. The second-order valence-corrected chi connectivity index (χ2v) is 6.51. The van der Waals surface area contributed by atoms with E-state index in [2.05, 4.69) is 90.5 Å². The third-order valence-electron chi connectivity index (χ3n) is 4.09. The van der Waals surface area contributed by atoms with Crippen LogP contribution < -0.4 is 5.32 Å². The van der Waals surface area contributed by atoms with Crippen LogP contribution in [0.1, 0.15) is 56.7 Å². The normalized spacial score (nSPS) is 13.7. The maximum Gasteiger partial charge on any atom is 0.0511 e. The second kappa shape index (κ2) is 7.65. The molecule has 2 aromatic carbocycles. The number of hydrogen-bond donors (Lipinski definition) is 1. The summed E-state index contributed by atoms with van der Waals surface area (Å²) in [6, 6.07) is 17.7. The average Bonchev–Trinajstić information content (AvgIpc) is 2.52. The van der Waals surface area contributed by atoms with Gasteiger partial charge in [0.25, 0.3) is 0 Å². The number of rotatable bonds is 6. The van der Waals surface area contributed by atoms with Crippen molar-refractivity contribution in [3.05, 3.63) is 64.1 Å². The predicted molar refractivity (Wildman–Crippen MR) is 95.9 cm³/mol. The van der Waals surface area contributed by atoms with Crippen LogP contribution in [0, 0.1) is 0 Å². The summed E-state index contributed by atoms with van der Waals surface area (Å²) in [4.78, 5) is 0. The molecule has 0 fully saturated rings. The van der Waals surface area contributed by atoms with Crippen molar-refractivity contribution >= 4 is 21.6 Å². The minimum atomic E-state index is 0.344. The molecular weight excluding hydrogens is 322 g/mol. The molecule has 1 N–H and O–H groups in total. The van der Waals surface area contributed by atoms with Crippen molar-refractivity contribution in [2.75, 3.05) is 5.32 Å². The van der Waals surface area contributed by atoms with Crippen LogP contribution >= 0.6 is 15.9 Å². The van der Waals surface area contributed by atoms with E-state index in [0.717, 1.165) is 10.9 Å². The first-order chi connectivity index (χ1) is 10.1. The summed E-state index contributed by atoms with van der Waals surface area (Å²) < 4.78 is 1.13. The zero-order valence-corrected chi connectivity index (χ0v) is 14.7. The SMILES string of the molecule is CCC(C)c1ccc(NC(CC)c2cccc(Br)c2)cc1. The monoisotopic (exact) mass is 345 g/mol. The van der Waals surface area contributed by atoms with Gasteiger partial charge in [0.05, 0.1) is 6.04 Å². The lowest BCUT2D eigenvalue weighted by molar-refractivity contribution is 0.732. The molecule has 2 aromatic rings. The summed E-state index contributed by atoms with van der Waals surface area (Å²) in [6.45, 7) is 6.72. The molecule has 0 aliphatic heterocycles. The largest absolute Gasteiger partial charge is 0.378 e. The molecule has 0 radical (unpaired) electrons. The van der Waals surface area contributed by atoms with Gasteiger partial charge in [0, 0.05) is 10.2 Å². The molecule has 0 saturated heterocycles. The van der Waals surface area contributed by atoms with Crippen LogP contribution in [0.5, 0.6) is 0 Å². The van der Waals surface area contributed by atoms with E-state index in [4.69, 9.17) is 0 Å². The van der Waals surface area contributed by atoms with Gasteiger partial charge in [-0.2, -0.15) is 0 Å². The molecule has 2 heteroatoms. The summed E-state index contributed by atoms with van der Waals surface area (Å²) >= 11 is 3.55. The number of anilines is 1. The Morgan fingerprint density at radius 2 is 1.67 bits per heavy atom. The van der Waals surface area contributed by atoms with Crippen LogP contribution in [0.25, 0.3) is 0 Å². The first-order valence-corrected chi connectivity index (χ1v) is 8.55. The first-order valence-electron chi connectivity index (χ1n) is 7.76. The van der Waals surface area contributed by atoms with Gasteiger partial charge in [-0.25, -0.2) is 0 Å². The summed E-state index contributed by atoms with van der Waals surface area (Å²) in [7, 11) is 0. The fourth-order valence-corrected chi connectivity index (χ4v) is 2.91. The van der Waals surface area contributed by atoms with Crippen LogP contribution in [0.15, 0.2) is 53.0 Å². The smallest absolute Gasteiger partial charge is 0.0511 e. The highest BCUT2D eigenvalue weighted by molar-refractivity contribution is 9.10. The zero-order valence-electron chi connectivity index (χ0n) is 13.1. The Hall–Kier alpha value is -1.28. The van der Waals surface area contributed by atoms with Crippen LogP contribution in [0.3, 0.4) is 0 Å². The molecule has 1 nitrogen and oxygen atoms in total. The summed E-state index contributed by atoms with van der Waals surface area (Å²) in [5, 5.41) is 3.64. The first kappa shape index (κ1) is 16.1. The van der Waals surface area contributed by atoms with Crippen molar-refractivity contribution in [3.8, 4) is 0 Å². The second-order valence-electron chi connectivity index (χ2n) is 5.59. The average molecular weight is 346 g/mol. The Morgan fingerprint density at radius 1 is 0.952 bits per heavy atom. The van der Waals surface area contributed by atoms with Gasteiger partial charge in [0.1, 0.15) is 0 Å². The topological polar surface area (TPSA) is 12.0 Å². The van der Waals surface area contributed by atoms with Gasteiger partial charge < -0.3 is 5.32 Å². The fourth-order valence-electron chi connectivity index (χ4n) is 2.49. The number of nitrogens with one attached hydrogen (secondary N) is 1. The molecule has 2 atom stereocenters. The van der Waals surface area contributed by atoms with Gasteiger partial charge in [0.2, 0.25) is 0 Å². The van der Waals surface area contributed by atoms with E-state index < -0.39 is 0 Å². The van der Waals surface area contributed by atoms with E-state index in [-0.39, 0.29) is 0 Å². The van der Waals surface area contributed by atoms with Crippen LogP contribution in [-0.2, 0) is 0 Å². The lowest BCUT2D eigenvalue weighted by atomic mass is 9.98. The Morgan fingerprint density at radius 3 is 2.24 bits per heavy atom. The maximum absolute atomic E-state index is 3.64. The van der Waals surface area contributed by atoms with Crippen molar-refractivity contribution < 1.29 is 0 Å². The third kappa shape index (κ3) is 4.34. The van der Waals surface area contributed by atoms with Gasteiger partial charge in [0.15, 0.2) is 0 Å². The van der Waals surface area contributed by atoms with E-state index in [9.17, 15) is 0 Å². The Labute approximate surface area is 136 Å². The lowest BCUT2D eigenvalue weighted by Gasteiger charge is -2.20. The van der Waals surface area contributed by atoms with Crippen molar-refractivity contribution in [1.82, 2.24) is 0 Å². The molecule has 0 bridgehead atoms. The van der Waals surface area contributed by atoms with E-state index in [1.165, 1.54) is 23.2 Å². The Bertz CT molecular complexity index is 562. The predicted octanol–water partition coefficient (Wildman–Crippen LogP) is 6.53. The molecule has 112 valence electrons. The standard InChI is InChI=1S/C19H24BrN/c1-4-14(3)15-9-11-18(12-10-15)21-19(5-2)16-7-6-8-17(20)13-16/h6-14,19,21H,4-5H2,1-3H3. The van der Waals surface area contributed by atoms with E-state index in [1.54, 1.807) is 0 Å². The fraction of sp³-hybridized carbons (Fsp3) is 0.368. The molecule has 0 aromatic heterocycles. The highest BCUT2D eigenvalue weighted by Gasteiger charge is 2.10. The van der Waals surface area contributed by atoms with Gasteiger partial charge in [-0.05, 0) is 54.2 Å². The molecule has 21 heavy (non-hydrogen) atoms. The number of benzene rings is 2. The number of halogens is 1. The summed E-state index contributed by atoms with van der Waals surface area (Å²) in [6.07, 6.45) is 2.24. The molecule has 0 aliphatic rings. The maximum atomic E-state index is 3.64. The molecule has 0 saturated carbocycles. The number of hydrogen-bond acceptors (Lipinski definition) is 1. The Kier molecular flexibility index (Phi) is 5.86. The minimum absolute atomic E-state index is 0.344. The van der Waals surface area contributed by atoms with E-state index in [0.29, 0.717) is 12.0 Å². The summed E-state index contributed by atoms with van der Waals surface area (Å²) in [5.41, 5.74) is 3.92. The van der Waals surface area contributed by atoms with Crippen molar-refractivity contribution in [2.24, 2.45) is 0 Å². The van der Waals surface area contributed by atoms with Gasteiger partial charge in [-0.15, -0.1) is 0 Å². The molecule has 0 spiro atoms. The molecular formula is C19H24BrN. The Balaban J connectivity index is 2.12. The van der Waals surface area contributed by atoms with Crippen molar-refractivity contribution in [1.29, 1.82) is 0 Å². The van der Waals surface area contributed by atoms with Crippen molar-refractivity contribution in [2.45, 2.75) is 45.6 Å². The highest BCUT2D eigenvalue weighted by Crippen LogP contribution is 2.26. The van der Waals surface area contributed by atoms with Gasteiger partial charge >= 0.3 is 0 Å². The highest BCUT2D eigenvalue weighted by atomic mass is 79.9. The van der Waals surface area contributed by atoms with Gasteiger partial charge in [-0.3, -0.25) is 0 Å². The molecule has 2 unspecified atom stereocenters. The van der Waals surface area contributed by atoms with E-state index in [1.807, 2.05) is 0 Å². The zero-order chi connectivity index (χ0) is 15.2. The molecule has 0 aliphatic carbocycles. The van der Waals surface area contributed by atoms with Crippen LogP contribution in [0.4, 0.5) is 5.69 Å². The lowest BCUT2D eigenvalue weighted by Crippen LogP contribution is -2.09. The van der Waals surface area contributed by atoms with Crippen molar-refractivity contribution in [3.63, 3.8) is 0 Å². The molecule has 2 rings (SSSR count). The van der Waals surface area contributed by atoms with Crippen LogP contribution in [0.2, 0.25) is 0 Å². The van der Waals surface area contributed by atoms with Crippen LogP contribution in [-0.4, -0.2) is 0 Å². The molecule has 0 amide bonds. The van der Waals surface area contributed by atoms with Gasteiger partial charge in [-0.1, -0.05) is 61.0 Å². The van der Waals surface area contributed by atoms with E-state index >= 15 is 0 Å². The third-order valence-corrected chi connectivity index (χ3v) is 4.59. The molecule has 0 heterocycles. The summed E-state index contributed by atoms with van der Waals surface area (Å²) in [5.74, 6) is 0.631. The quantitative estimate of drug-likeness (QED) is 0.627.